The van der Waals surface area contributed by atoms with E-state index in [4.69, 9.17) is 23.2 Å². The number of hydrazine groups is 1. The lowest BCUT2D eigenvalue weighted by molar-refractivity contribution is 0.466. The van der Waals surface area contributed by atoms with E-state index >= 15 is 0 Å². The zero-order valence-corrected chi connectivity index (χ0v) is 14.9. The molecule has 1 aliphatic rings. The van der Waals surface area contributed by atoms with Crippen molar-refractivity contribution in [3.63, 3.8) is 0 Å². The van der Waals surface area contributed by atoms with Crippen LogP contribution in [0.5, 0.6) is 0 Å². The highest BCUT2D eigenvalue weighted by Gasteiger charge is 2.29. The van der Waals surface area contributed by atoms with E-state index in [-0.39, 0.29) is 10.6 Å². The molecule has 8 heteroatoms. The number of aromatic nitrogens is 2. The van der Waals surface area contributed by atoms with Gasteiger partial charge in [0.15, 0.2) is 0 Å². The minimum absolute atomic E-state index is 0.124. The molecule has 1 saturated heterocycles. The first-order valence-corrected chi connectivity index (χ1v) is 8.51. The molecular weight excluding hydrogens is 349 g/mol. The van der Waals surface area contributed by atoms with Crippen LogP contribution in [0.15, 0.2) is 35.3 Å². The predicted molar refractivity (Wildman–Crippen MR) is 97.0 cm³/mol. The van der Waals surface area contributed by atoms with Gasteiger partial charge < -0.3 is 5.32 Å². The number of rotatable bonds is 4. The molecule has 0 saturated carbocycles. The van der Waals surface area contributed by atoms with Crippen molar-refractivity contribution < 1.29 is 0 Å². The molecule has 0 bridgehead atoms. The molecule has 1 aliphatic heterocycles. The molecule has 6 nitrogen and oxygen atoms in total. The van der Waals surface area contributed by atoms with Gasteiger partial charge in [-0.2, -0.15) is 9.78 Å². The highest BCUT2D eigenvalue weighted by atomic mass is 35.5. The molecule has 2 atom stereocenters. The Morgan fingerprint density at radius 1 is 1.17 bits per heavy atom. The number of halogens is 2. The van der Waals surface area contributed by atoms with Crippen LogP contribution in [0.2, 0.25) is 10.0 Å². The molecule has 1 aromatic carbocycles. The summed E-state index contributed by atoms with van der Waals surface area (Å²) in [4.78, 5) is 12.5. The first-order chi connectivity index (χ1) is 11.5. The molecule has 128 valence electrons. The third-order valence-corrected chi connectivity index (χ3v) is 4.96. The third kappa shape index (κ3) is 3.42. The molecule has 0 amide bonds. The summed E-state index contributed by atoms with van der Waals surface area (Å²) in [5, 5.41) is 8.16. The Morgan fingerprint density at radius 3 is 2.42 bits per heavy atom. The maximum absolute atomic E-state index is 12.5. The average molecular weight is 368 g/mol. The van der Waals surface area contributed by atoms with Gasteiger partial charge in [0.25, 0.3) is 5.56 Å². The number of benzene rings is 1. The van der Waals surface area contributed by atoms with Crippen LogP contribution < -0.4 is 21.7 Å². The van der Waals surface area contributed by atoms with Crippen LogP contribution in [-0.2, 0) is 0 Å². The first-order valence-electron chi connectivity index (χ1n) is 7.76. The van der Waals surface area contributed by atoms with E-state index in [2.05, 4.69) is 35.1 Å². The second-order valence-corrected chi connectivity index (χ2v) is 6.79. The molecule has 1 aromatic heterocycles. The normalized spacial score (nSPS) is 23.4. The fourth-order valence-corrected chi connectivity index (χ4v) is 3.14. The summed E-state index contributed by atoms with van der Waals surface area (Å²) in [7, 11) is 0. The van der Waals surface area contributed by atoms with E-state index in [9.17, 15) is 4.79 Å². The van der Waals surface area contributed by atoms with Crippen molar-refractivity contribution in [1.82, 2.24) is 20.6 Å². The smallest absolute Gasteiger partial charge is 0.292 e. The predicted octanol–water partition coefficient (Wildman–Crippen LogP) is 2.45. The Morgan fingerprint density at radius 2 is 1.79 bits per heavy atom. The standard InChI is InChI=1S/C16H19Cl2N5O/c1-9-13(10(2)22-21-9)7-19-14-8-20-23(16(24)15(14)18)12-5-3-11(17)4-6-12/h3-6,8-10,13,19,21-22H,7H2,1-2H3. The Kier molecular flexibility index (Phi) is 5.10. The van der Waals surface area contributed by atoms with Crippen LogP contribution in [0, 0.1) is 5.92 Å². The monoisotopic (exact) mass is 367 g/mol. The molecule has 3 rings (SSSR count). The highest BCUT2D eigenvalue weighted by molar-refractivity contribution is 6.33. The van der Waals surface area contributed by atoms with Crippen molar-refractivity contribution in [2.45, 2.75) is 25.9 Å². The molecule has 1 fully saturated rings. The number of hydrogen-bond acceptors (Lipinski definition) is 5. The largest absolute Gasteiger partial charge is 0.382 e. The van der Waals surface area contributed by atoms with E-state index in [0.29, 0.717) is 40.9 Å². The van der Waals surface area contributed by atoms with Gasteiger partial charge >= 0.3 is 0 Å². The van der Waals surface area contributed by atoms with Gasteiger partial charge in [0.1, 0.15) is 5.02 Å². The van der Waals surface area contributed by atoms with Crippen molar-refractivity contribution >= 4 is 28.9 Å². The molecule has 24 heavy (non-hydrogen) atoms. The number of nitrogens with zero attached hydrogens (tertiary/aromatic N) is 2. The van der Waals surface area contributed by atoms with E-state index in [1.54, 1.807) is 30.5 Å². The van der Waals surface area contributed by atoms with Gasteiger partial charge in [0, 0.05) is 29.6 Å². The Hall–Kier alpha value is -1.60. The molecule has 2 heterocycles. The van der Waals surface area contributed by atoms with Crippen LogP contribution in [0.4, 0.5) is 5.69 Å². The summed E-state index contributed by atoms with van der Waals surface area (Å²) >= 11 is 12.1. The van der Waals surface area contributed by atoms with Crippen LogP contribution in [0.25, 0.3) is 5.69 Å². The van der Waals surface area contributed by atoms with Crippen molar-refractivity contribution in [3.05, 3.63) is 50.9 Å². The van der Waals surface area contributed by atoms with Gasteiger partial charge in [-0.05, 0) is 38.1 Å². The van der Waals surface area contributed by atoms with Gasteiger partial charge in [-0.3, -0.25) is 15.6 Å². The Labute approximate surface area is 150 Å². The van der Waals surface area contributed by atoms with Crippen molar-refractivity contribution in [3.8, 4) is 5.69 Å². The number of hydrogen-bond donors (Lipinski definition) is 3. The fourth-order valence-electron chi connectivity index (χ4n) is 2.81. The highest BCUT2D eigenvalue weighted by Crippen LogP contribution is 2.20. The van der Waals surface area contributed by atoms with E-state index in [1.165, 1.54) is 4.68 Å². The molecule has 3 N–H and O–H groups in total. The molecule has 0 aliphatic carbocycles. The minimum atomic E-state index is -0.368. The molecular formula is C16H19Cl2N5O. The van der Waals surface area contributed by atoms with E-state index in [1.807, 2.05) is 0 Å². The summed E-state index contributed by atoms with van der Waals surface area (Å²) in [5.41, 5.74) is 7.19. The lowest BCUT2D eigenvalue weighted by Crippen LogP contribution is -2.31. The summed E-state index contributed by atoms with van der Waals surface area (Å²) in [6, 6.07) is 7.50. The van der Waals surface area contributed by atoms with Crippen molar-refractivity contribution in [2.75, 3.05) is 11.9 Å². The molecule has 0 spiro atoms. The summed E-state index contributed by atoms with van der Waals surface area (Å²) in [6.07, 6.45) is 1.57. The summed E-state index contributed by atoms with van der Waals surface area (Å²) < 4.78 is 1.26. The maximum atomic E-state index is 12.5. The number of nitrogens with one attached hydrogen (secondary N) is 3. The first kappa shape index (κ1) is 17.2. The van der Waals surface area contributed by atoms with Gasteiger partial charge in [0.05, 0.1) is 17.6 Å². The van der Waals surface area contributed by atoms with Gasteiger partial charge in [0.2, 0.25) is 0 Å². The van der Waals surface area contributed by atoms with Crippen LogP contribution >= 0.6 is 23.2 Å². The zero-order valence-electron chi connectivity index (χ0n) is 13.4. The number of anilines is 1. The van der Waals surface area contributed by atoms with E-state index in [0.717, 1.165) is 0 Å². The third-order valence-electron chi connectivity index (χ3n) is 4.34. The Balaban J connectivity index is 1.80. The van der Waals surface area contributed by atoms with Crippen LogP contribution in [-0.4, -0.2) is 28.4 Å². The summed E-state index contributed by atoms with van der Waals surface area (Å²) in [5.74, 6) is 0.375. The van der Waals surface area contributed by atoms with Crippen molar-refractivity contribution in [1.29, 1.82) is 0 Å². The Bertz CT molecular complexity index is 767. The molecule has 2 aromatic rings. The van der Waals surface area contributed by atoms with Gasteiger partial charge in [-0.1, -0.05) is 23.2 Å². The van der Waals surface area contributed by atoms with Crippen LogP contribution in [0.3, 0.4) is 0 Å². The van der Waals surface area contributed by atoms with Crippen LogP contribution in [0.1, 0.15) is 13.8 Å². The second-order valence-electron chi connectivity index (χ2n) is 5.98. The lowest BCUT2D eigenvalue weighted by Gasteiger charge is -2.19. The quantitative estimate of drug-likeness (QED) is 0.774. The van der Waals surface area contributed by atoms with Gasteiger partial charge in [-0.25, -0.2) is 0 Å². The average Bonchev–Trinajstić information content (AvgIpc) is 2.89. The second kappa shape index (κ2) is 7.11. The SMILES string of the molecule is CC1NNC(C)C1CNc1cnn(-c2ccc(Cl)cc2)c(=O)c1Cl. The topological polar surface area (TPSA) is 71.0 Å². The zero-order chi connectivity index (χ0) is 17.3. The lowest BCUT2D eigenvalue weighted by atomic mass is 9.97. The maximum Gasteiger partial charge on any atom is 0.292 e. The minimum Gasteiger partial charge on any atom is -0.382 e. The van der Waals surface area contributed by atoms with Gasteiger partial charge in [-0.15, -0.1) is 0 Å². The summed E-state index contributed by atoms with van der Waals surface area (Å²) in [6.45, 7) is 4.91. The fraction of sp³-hybridized carbons (Fsp3) is 0.375. The molecule has 2 unspecified atom stereocenters. The van der Waals surface area contributed by atoms with Crippen molar-refractivity contribution in [2.24, 2.45) is 5.92 Å². The molecule has 0 radical (unpaired) electrons. The van der Waals surface area contributed by atoms with E-state index < -0.39 is 0 Å².